The van der Waals surface area contributed by atoms with Crippen LogP contribution in [0.3, 0.4) is 0 Å². The third kappa shape index (κ3) is 2.44. The summed E-state index contributed by atoms with van der Waals surface area (Å²) in [6, 6.07) is 5.65. The van der Waals surface area contributed by atoms with Crippen LogP contribution in [-0.2, 0) is 0 Å². The van der Waals surface area contributed by atoms with Gasteiger partial charge >= 0.3 is 0 Å². The Kier molecular flexibility index (Phi) is 3.45. The third-order valence-electron chi connectivity index (χ3n) is 1.90. The number of halogens is 2. The van der Waals surface area contributed by atoms with Crippen LogP contribution in [0.2, 0.25) is 5.02 Å². The summed E-state index contributed by atoms with van der Waals surface area (Å²) in [5, 5.41) is 18.4. The van der Waals surface area contributed by atoms with Gasteiger partial charge in [0.25, 0.3) is 0 Å². The molecule has 0 aromatic heterocycles. The molecule has 0 saturated heterocycles. The van der Waals surface area contributed by atoms with Gasteiger partial charge in [0.2, 0.25) is 0 Å². The van der Waals surface area contributed by atoms with Crippen molar-refractivity contribution in [2.24, 2.45) is 5.92 Å². The Morgan fingerprint density at radius 2 is 2.14 bits per heavy atom. The lowest BCUT2D eigenvalue weighted by molar-refractivity contribution is 0.142. The van der Waals surface area contributed by atoms with E-state index in [1.165, 1.54) is 12.1 Å². The summed E-state index contributed by atoms with van der Waals surface area (Å²) < 4.78 is 12.9. The molecule has 0 aliphatic rings. The van der Waals surface area contributed by atoms with Crippen molar-refractivity contribution >= 4 is 11.6 Å². The van der Waals surface area contributed by atoms with E-state index in [1.54, 1.807) is 6.92 Å². The van der Waals surface area contributed by atoms with E-state index < -0.39 is 17.8 Å². The maximum absolute atomic E-state index is 12.9. The molecule has 1 rings (SSSR count). The lowest BCUT2D eigenvalue weighted by Crippen LogP contribution is -2.07. The number of aliphatic hydroxyl groups is 1. The van der Waals surface area contributed by atoms with Crippen LogP contribution in [0.15, 0.2) is 18.2 Å². The van der Waals surface area contributed by atoms with Gasteiger partial charge in [-0.3, -0.25) is 0 Å². The molecule has 0 saturated carbocycles. The fraction of sp³-hybridized carbons (Fsp3) is 0.300. The maximum atomic E-state index is 12.9. The molecule has 2 atom stereocenters. The molecule has 0 fully saturated rings. The Bertz CT molecular complexity index is 355. The van der Waals surface area contributed by atoms with Crippen LogP contribution >= 0.6 is 11.6 Å². The molecule has 2 nitrogen and oxygen atoms in total. The van der Waals surface area contributed by atoms with Crippen molar-refractivity contribution in [2.45, 2.75) is 13.0 Å². The van der Waals surface area contributed by atoms with Crippen LogP contribution in [0.5, 0.6) is 0 Å². The van der Waals surface area contributed by atoms with Gasteiger partial charge < -0.3 is 5.11 Å². The average Bonchev–Trinajstić information content (AvgIpc) is 2.14. The Labute approximate surface area is 86.5 Å². The Hall–Kier alpha value is -1.11. The molecule has 74 valence electrons. The van der Waals surface area contributed by atoms with Gasteiger partial charge in [-0.05, 0) is 30.7 Å². The highest BCUT2D eigenvalue weighted by Crippen LogP contribution is 2.24. The van der Waals surface area contributed by atoms with E-state index >= 15 is 0 Å². The number of hydrogen-bond acceptors (Lipinski definition) is 2. The summed E-state index contributed by atoms with van der Waals surface area (Å²) in [5.74, 6) is -1.11. The fourth-order valence-corrected chi connectivity index (χ4v) is 1.34. The summed E-state index contributed by atoms with van der Waals surface area (Å²) in [4.78, 5) is 0. The van der Waals surface area contributed by atoms with E-state index in [4.69, 9.17) is 16.9 Å². The molecule has 0 bridgehead atoms. The molecule has 1 N–H and O–H groups in total. The van der Waals surface area contributed by atoms with E-state index in [-0.39, 0.29) is 5.02 Å². The van der Waals surface area contributed by atoms with Crippen LogP contribution in [0.25, 0.3) is 0 Å². The maximum Gasteiger partial charge on any atom is 0.125 e. The summed E-state index contributed by atoms with van der Waals surface area (Å²) in [7, 11) is 0. The lowest BCUT2D eigenvalue weighted by atomic mass is 9.99. The van der Waals surface area contributed by atoms with E-state index in [2.05, 4.69) is 0 Å². The molecule has 0 heterocycles. The van der Waals surface area contributed by atoms with Gasteiger partial charge in [0.15, 0.2) is 0 Å². The van der Waals surface area contributed by atoms with E-state index in [0.717, 1.165) is 6.07 Å². The highest BCUT2D eigenvalue weighted by Gasteiger charge is 2.16. The monoisotopic (exact) mass is 213 g/mol. The predicted molar refractivity (Wildman–Crippen MR) is 51.1 cm³/mol. The molecule has 0 aliphatic carbocycles. The van der Waals surface area contributed by atoms with Crippen LogP contribution in [0.4, 0.5) is 4.39 Å². The first-order valence-electron chi connectivity index (χ1n) is 4.08. The quantitative estimate of drug-likeness (QED) is 0.821. The second kappa shape index (κ2) is 4.41. The Morgan fingerprint density at radius 3 is 2.64 bits per heavy atom. The molecular weight excluding hydrogens is 205 g/mol. The summed E-state index contributed by atoms with van der Waals surface area (Å²) in [6.07, 6.45) is -1.01. The summed E-state index contributed by atoms with van der Waals surface area (Å²) in [6.45, 7) is 1.56. The summed E-state index contributed by atoms with van der Waals surface area (Å²) >= 11 is 5.61. The van der Waals surface area contributed by atoms with Crippen LogP contribution in [0.1, 0.15) is 18.6 Å². The predicted octanol–water partition coefficient (Wildman–Crippen LogP) is 2.67. The van der Waals surface area contributed by atoms with Crippen molar-refractivity contribution in [3.8, 4) is 6.07 Å². The Morgan fingerprint density at radius 1 is 1.50 bits per heavy atom. The molecular formula is C10H9ClFNO. The van der Waals surface area contributed by atoms with Gasteiger partial charge in [-0.2, -0.15) is 5.26 Å². The highest BCUT2D eigenvalue weighted by atomic mass is 35.5. The van der Waals surface area contributed by atoms with Gasteiger partial charge in [-0.15, -0.1) is 0 Å². The van der Waals surface area contributed by atoms with Gasteiger partial charge in [-0.1, -0.05) is 11.6 Å². The number of nitriles is 1. The first kappa shape index (κ1) is 11.0. The zero-order valence-electron chi connectivity index (χ0n) is 7.54. The topological polar surface area (TPSA) is 44.0 Å². The van der Waals surface area contributed by atoms with Crippen molar-refractivity contribution in [3.05, 3.63) is 34.6 Å². The van der Waals surface area contributed by atoms with Gasteiger partial charge in [0, 0.05) is 5.02 Å². The first-order chi connectivity index (χ1) is 6.54. The summed E-state index contributed by atoms with van der Waals surface area (Å²) in [5.41, 5.74) is 0.323. The highest BCUT2D eigenvalue weighted by molar-refractivity contribution is 6.30. The van der Waals surface area contributed by atoms with Crippen LogP contribution in [-0.4, -0.2) is 5.11 Å². The standard InChI is InChI=1S/C10H9ClFNO/c1-6(5-13)10(14)7-2-8(11)4-9(12)3-7/h2-4,6,10,14H,1H3. The van der Waals surface area contributed by atoms with Crippen molar-refractivity contribution in [2.75, 3.05) is 0 Å². The van der Waals surface area contributed by atoms with Crippen LogP contribution in [0, 0.1) is 23.1 Å². The minimum Gasteiger partial charge on any atom is -0.387 e. The van der Waals surface area contributed by atoms with Gasteiger partial charge in [-0.25, -0.2) is 4.39 Å². The number of aliphatic hydroxyl groups excluding tert-OH is 1. The van der Waals surface area contributed by atoms with Gasteiger partial charge in [0.05, 0.1) is 18.1 Å². The second-order valence-electron chi connectivity index (χ2n) is 3.07. The molecule has 0 spiro atoms. The lowest BCUT2D eigenvalue weighted by Gasteiger charge is -2.12. The zero-order valence-corrected chi connectivity index (χ0v) is 8.29. The van der Waals surface area contributed by atoms with E-state index in [0.29, 0.717) is 5.56 Å². The van der Waals surface area contributed by atoms with Crippen molar-refractivity contribution in [1.82, 2.24) is 0 Å². The first-order valence-corrected chi connectivity index (χ1v) is 4.46. The molecule has 1 aromatic rings. The number of benzene rings is 1. The van der Waals surface area contributed by atoms with E-state index in [1.807, 2.05) is 6.07 Å². The number of nitrogens with zero attached hydrogens (tertiary/aromatic N) is 1. The fourth-order valence-electron chi connectivity index (χ4n) is 1.11. The molecule has 4 heteroatoms. The van der Waals surface area contributed by atoms with Crippen LogP contribution < -0.4 is 0 Å². The minimum absolute atomic E-state index is 0.212. The smallest absolute Gasteiger partial charge is 0.125 e. The molecule has 0 amide bonds. The SMILES string of the molecule is CC(C#N)C(O)c1cc(F)cc(Cl)c1. The normalized spacial score (nSPS) is 14.5. The number of hydrogen-bond donors (Lipinski definition) is 1. The van der Waals surface area contributed by atoms with Gasteiger partial charge in [0.1, 0.15) is 5.82 Å². The van der Waals surface area contributed by atoms with Crippen molar-refractivity contribution in [1.29, 1.82) is 5.26 Å². The average molecular weight is 214 g/mol. The zero-order chi connectivity index (χ0) is 10.7. The molecule has 0 aliphatic heterocycles. The molecule has 1 aromatic carbocycles. The Balaban J connectivity index is 3.02. The van der Waals surface area contributed by atoms with Crippen molar-refractivity contribution < 1.29 is 9.50 Å². The largest absolute Gasteiger partial charge is 0.387 e. The second-order valence-corrected chi connectivity index (χ2v) is 3.50. The third-order valence-corrected chi connectivity index (χ3v) is 2.12. The number of rotatable bonds is 2. The minimum atomic E-state index is -1.01. The van der Waals surface area contributed by atoms with Crippen molar-refractivity contribution in [3.63, 3.8) is 0 Å². The van der Waals surface area contributed by atoms with E-state index in [9.17, 15) is 9.50 Å². The molecule has 0 radical (unpaired) electrons. The molecule has 14 heavy (non-hydrogen) atoms. The molecule has 2 unspecified atom stereocenters.